The van der Waals surface area contributed by atoms with Gasteiger partial charge in [-0.1, -0.05) is 26.3 Å². The maximum absolute atomic E-state index is 12.5. The quantitative estimate of drug-likeness (QED) is 0.832. The Morgan fingerprint density at radius 1 is 1.30 bits per heavy atom. The number of aromatic carboxylic acids is 1. The number of amides is 1. The molecule has 0 bridgehead atoms. The Kier molecular flexibility index (Phi) is 6.15. The molecule has 1 unspecified atom stereocenters. The lowest BCUT2D eigenvalue weighted by Gasteiger charge is -2.28. The number of unbranched alkanes of at least 4 members (excludes halogenated alkanes) is 1. The second-order valence-corrected chi connectivity index (χ2v) is 4.82. The standard InChI is InChI=1S/C15H22N2O3/c1-4-6-10-17(11(3)5-2)14(18)12-8-7-9-13(16-12)15(19)20/h7-9,11H,4-6,10H2,1-3H3,(H,19,20). The van der Waals surface area contributed by atoms with Crippen LogP contribution in [-0.4, -0.2) is 39.5 Å². The van der Waals surface area contributed by atoms with Crippen molar-refractivity contribution in [2.45, 2.75) is 46.1 Å². The lowest BCUT2D eigenvalue weighted by Crippen LogP contribution is -2.39. The summed E-state index contributed by atoms with van der Waals surface area (Å²) in [5.74, 6) is -1.32. The average molecular weight is 278 g/mol. The van der Waals surface area contributed by atoms with Crippen LogP contribution in [0.15, 0.2) is 18.2 Å². The molecule has 0 aliphatic heterocycles. The summed E-state index contributed by atoms with van der Waals surface area (Å²) in [6, 6.07) is 4.62. The van der Waals surface area contributed by atoms with E-state index in [1.165, 1.54) is 6.07 Å². The molecule has 0 radical (unpaired) electrons. The summed E-state index contributed by atoms with van der Waals surface area (Å²) >= 11 is 0. The molecule has 1 aromatic heterocycles. The molecule has 0 aliphatic carbocycles. The number of pyridine rings is 1. The highest BCUT2D eigenvalue weighted by molar-refractivity contribution is 5.94. The maximum atomic E-state index is 12.5. The minimum absolute atomic E-state index is 0.101. The van der Waals surface area contributed by atoms with E-state index in [0.717, 1.165) is 19.3 Å². The van der Waals surface area contributed by atoms with Gasteiger partial charge in [-0.25, -0.2) is 9.78 Å². The van der Waals surface area contributed by atoms with Crippen LogP contribution < -0.4 is 0 Å². The first-order valence-electron chi connectivity index (χ1n) is 7.02. The Hall–Kier alpha value is -1.91. The molecule has 0 spiro atoms. The summed E-state index contributed by atoms with van der Waals surface area (Å²) < 4.78 is 0. The predicted molar refractivity (Wildman–Crippen MR) is 76.9 cm³/mol. The molecule has 1 heterocycles. The van der Waals surface area contributed by atoms with E-state index in [1.807, 2.05) is 13.8 Å². The van der Waals surface area contributed by atoms with E-state index in [-0.39, 0.29) is 23.3 Å². The summed E-state index contributed by atoms with van der Waals surface area (Å²) in [5, 5.41) is 8.94. The highest BCUT2D eigenvalue weighted by Gasteiger charge is 2.21. The topological polar surface area (TPSA) is 70.5 Å². The van der Waals surface area contributed by atoms with Gasteiger partial charge < -0.3 is 10.0 Å². The van der Waals surface area contributed by atoms with E-state index in [2.05, 4.69) is 11.9 Å². The number of rotatable bonds is 7. The van der Waals surface area contributed by atoms with Crippen LogP contribution in [0, 0.1) is 0 Å². The fourth-order valence-electron chi connectivity index (χ4n) is 1.89. The van der Waals surface area contributed by atoms with Crippen LogP contribution in [0.3, 0.4) is 0 Å². The first kappa shape index (κ1) is 16.1. The third-order valence-electron chi connectivity index (χ3n) is 3.32. The first-order chi connectivity index (χ1) is 9.51. The van der Waals surface area contributed by atoms with Gasteiger partial charge in [0.2, 0.25) is 0 Å². The van der Waals surface area contributed by atoms with Crippen LogP contribution in [0.25, 0.3) is 0 Å². The average Bonchev–Trinajstić information content (AvgIpc) is 2.47. The second-order valence-electron chi connectivity index (χ2n) is 4.82. The number of carboxylic acid groups (broad SMARTS) is 1. The van der Waals surface area contributed by atoms with E-state index in [1.54, 1.807) is 17.0 Å². The fraction of sp³-hybridized carbons (Fsp3) is 0.533. The van der Waals surface area contributed by atoms with Gasteiger partial charge in [0.1, 0.15) is 11.4 Å². The largest absolute Gasteiger partial charge is 0.477 e. The molecule has 5 heteroatoms. The van der Waals surface area contributed by atoms with Crippen molar-refractivity contribution < 1.29 is 14.7 Å². The highest BCUT2D eigenvalue weighted by atomic mass is 16.4. The Labute approximate surface area is 119 Å². The van der Waals surface area contributed by atoms with Crippen molar-refractivity contribution in [1.82, 2.24) is 9.88 Å². The van der Waals surface area contributed by atoms with Gasteiger partial charge in [-0.15, -0.1) is 0 Å². The molecule has 5 nitrogen and oxygen atoms in total. The minimum atomic E-state index is -1.12. The molecule has 0 fully saturated rings. The number of aromatic nitrogens is 1. The fourth-order valence-corrected chi connectivity index (χ4v) is 1.89. The minimum Gasteiger partial charge on any atom is -0.477 e. The Balaban J connectivity index is 2.98. The van der Waals surface area contributed by atoms with Crippen molar-refractivity contribution in [3.8, 4) is 0 Å². The molecule has 110 valence electrons. The smallest absolute Gasteiger partial charge is 0.354 e. The monoisotopic (exact) mass is 278 g/mol. The van der Waals surface area contributed by atoms with E-state index in [4.69, 9.17) is 5.11 Å². The molecule has 0 saturated carbocycles. The zero-order valence-electron chi connectivity index (χ0n) is 12.3. The van der Waals surface area contributed by atoms with Gasteiger partial charge in [0, 0.05) is 12.6 Å². The lowest BCUT2D eigenvalue weighted by molar-refractivity contribution is 0.0676. The van der Waals surface area contributed by atoms with Gasteiger partial charge in [0.05, 0.1) is 0 Å². The number of hydrogen-bond acceptors (Lipinski definition) is 3. The molecule has 0 saturated heterocycles. The molecule has 1 atom stereocenters. The van der Waals surface area contributed by atoms with Crippen LogP contribution in [0.5, 0.6) is 0 Å². The number of carbonyl (C=O) groups excluding carboxylic acids is 1. The van der Waals surface area contributed by atoms with Crippen LogP contribution >= 0.6 is 0 Å². The predicted octanol–water partition coefficient (Wildman–Crippen LogP) is 2.82. The summed E-state index contributed by atoms with van der Waals surface area (Å²) in [6.45, 7) is 6.76. The molecular formula is C15H22N2O3. The number of hydrogen-bond donors (Lipinski definition) is 1. The van der Waals surface area contributed by atoms with Crippen molar-refractivity contribution >= 4 is 11.9 Å². The molecule has 20 heavy (non-hydrogen) atoms. The SMILES string of the molecule is CCCCN(C(=O)c1cccc(C(=O)O)n1)C(C)CC. The zero-order chi connectivity index (χ0) is 15.1. The normalized spacial score (nSPS) is 11.9. The molecule has 1 rings (SSSR count). The number of carboxylic acids is 1. The Morgan fingerprint density at radius 3 is 2.50 bits per heavy atom. The van der Waals surface area contributed by atoms with Crippen LogP contribution in [0.2, 0.25) is 0 Å². The molecule has 1 amide bonds. The van der Waals surface area contributed by atoms with E-state index >= 15 is 0 Å². The van der Waals surface area contributed by atoms with Gasteiger partial charge in [-0.3, -0.25) is 4.79 Å². The second kappa shape index (κ2) is 7.62. The van der Waals surface area contributed by atoms with Crippen LogP contribution in [0.4, 0.5) is 0 Å². The summed E-state index contributed by atoms with van der Waals surface area (Å²) in [7, 11) is 0. The van der Waals surface area contributed by atoms with Crippen LogP contribution in [0.1, 0.15) is 61.0 Å². The van der Waals surface area contributed by atoms with Gasteiger partial charge >= 0.3 is 5.97 Å². The summed E-state index contributed by atoms with van der Waals surface area (Å²) in [4.78, 5) is 29.1. The molecule has 1 aromatic rings. The first-order valence-corrected chi connectivity index (χ1v) is 7.02. The van der Waals surface area contributed by atoms with Crippen LogP contribution in [-0.2, 0) is 0 Å². The van der Waals surface area contributed by atoms with Gasteiger partial charge in [-0.2, -0.15) is 0 Å². The highest BCUT2D eigenvalue weighted by Crippen LogP contribution is 2.11. The number of carbonyl (C=O) groups is 2. The van der Waals surface area contributed by atoms with Crippen molar-refractivity contribution in [3.63, 3.8) is 0 Å². The van der Waals surface area contributed by atoms with Crippen molar-refractivity contribution in [1.29, 1.82) is 0 Å². The van der Waals surface area contributed by atoms with E-state index in [9.17, 15) is 9.59 Å². The van der Waals surface area contributed by atoms with Gasteiger partial charge in [0.25, 0.3) is 5.91 Å². The summed E-state index contributed by atoms with van der Waals surface area (Å²) in [5.41, 5.74) is 0.0942. The van der Waals surface area contributed by atoms with Crippen molar-refractivity contribution in [2.75, 3.05) is 6.54 Å². The Bertz CT molecular complexity index is 474. The Morgan fingerprint density at radius 2 is 1.95 bits per heavy atom. The van der Waals surface area contributed by atoms with E-state index < -0.39 is 5.97 Å². The summed E-state index contributed by atoms with van der Waals surface area (Å²) in [6.07, 6.45) is 2.78. The molecular weight excluding hydrogens is 256 g/mol. The maximum Gasteiger partial charge on any atom is 0.354 e. The van der Waals surface area contributed by atoms with Gasteiger partial charge in [0.15, 0.2) is 0 Å². The third kappa shape index (κ3) is 4.05. The van der Waals surface area contributed by atoms with Crippen molar-refractivity contribution in [3.05, 3.63) is 29.6 Å². The third-order valence-corrected chi connectivity index (χ3v) is 3.32. The van der Waals surface area contributed by atoms with Gasteiger partial charge in [-0.05, 0) is 31.9 Å². The van der Waals surface area contributed by atoms with E-state index in [0.29, 0.717) is 6.54 Å². The zero-order valence-corrected chi connectivity index (χ0v) is 12.3. The van der Waals surface area contributed by atoms with Crippen molar-refractivity contribution in [2.24, 2.45) is 0 Å². The lowest BCUT2D eigenvalue weighted by atomic mass is 10.1. The molecule has 0 aliphatic rings. The molecule has 1 N–H and O–H groups in total. The number of nitrogens with zero attached hydrogens (tertiary/aromatic N) is 2. The molecule has 0 aromatic carbocycles.